The van der Waals surface area contributed by atoms with Gasteiger partial charge in [-0.15, -0.1) is 0 Å². The topological polar surface area (TPSA) is 97.6 Å². The Hall–Kier alpha value is -2.68. The number of pyridine rings is 1. The van der Waals surface area contributed by atoms with Gasteiger partial charge in [-0.25, -0.2) is 14.2 Å². The molecule has 3 N–H and O–H groups in total. The summed E-state index contributed by atoms with van der Waals surface area (Å²) in [5.41, 5.74) is 6.59. The highest BCUT2D eigenvalue weighted by Gasteiger charge is 2.31. The third-order valence-electron chi connectivity index (χ3n) is 3.66. The molecule has 2 aromatic rings. The van der Waals surface area contributed by atoms with Gasteiger partial charge in [-0.05, 0) is 47.1 Å². The second-order valence-corrected chi connectivity index (χ2v) is 6.36. The van der Waals surface area contributed by atoms with Crippen LogP contribution in [0.1, 0.15) is 18.6 Å². The Bertz CT molecular complexity index is 861. The van der Waals surface area contributed by atoms with Crippen LogP contribution in [0.3, 0.4) is 0 Å². The molecule has 25 heavy (non-hydrogen) atoms. The normalized spacial score (nSPS) is 15.2. The lowest BCUT2D eigenvalue weighted by Crippen LogP contribution is -2.29. The van der Waals surface area contributed by atoms with Gasteiger partial charge in [0.25, 0.3) is 0 Å². The third kappa shape index (κ3) is 3.55. The predicted molar refractivity (Wildman–Crippen MR) is 92.7 cm³/mol. The van der Waals surface area contributed by atoms with E-state index in [-0.39, 0.29) is 12.4 Å². The number of urea groups is 1. The highest BCUT2D eigenvalue weighted by molar-refractivity contribution is 9.10. The van der Waals surface area contributed by atoms with Crippen LogP contribution in [-0.2, 0) is 4.79 Å². The average Bonchev–Trinajstić information content (AvgIpc) is 2.89. The number of nitrogens with one attached hydrogen (secondary N) is 1. The van der Waals surface area contributed by atoms with Crippen molar-refractivity contribution in [3.63, 3.8) is 0 Å². The van der Waals surface area contributed by atoms with Crippen molar-refractivity contribution in [2.75, 3.05) is 17.2 Å². The van der Waals surface area contributed by atoms with E-state index >= 15 is 0 Å². The summed E-state index contributed by atoms with van der Waals surface area (Å²) in [5.74, 6) is -0.407. The summed E-state index contributed by atoms with van der Waals surface area (Å²) in [6, 6.07) is 5.00. The smallest absolute Gasteiger partial charge is 0.329 e. The molecule has 1 aromatic heterocycles. The summed E-state index contributed by atoms with van der Waals surface area (Å²) in [7, 11) is 0. The number of hydrogen-bond acceptors (Lipinski definition) is 5. The third-order valence-corrected chi connectivity index (χ3v) is 4.10. The first kappa shape index (κ1) is 17.2. The first-order chi connectivity index (χ1) is 11.8. The van der Waals surface area contributed by atoms with Gasteiger partial charge in [-0.1, -0.05) is 0 Å². The van der Waals surface area contributed by atoms with E-state index in [0.29, 0.717) is 21.5 Å². The van der Waals surface area contributed by atoms with E-state index in [1.807, 2.05) is 0 Å². The number of benzene rings is 1. The summed E-state index contributed by atoms with van der Waals surface area (Å²) < 4.78 is 20.2. The lowest BCUT2D eigenvalue weighted by atomic mass is 10.1. The molecule has 130 valence electrons. The fraction of sp³-hybridized carbons (Fsp3) is 0.188. The number of hydrogen-bond donors (Lipinski definition) is 2. The molecule has 3 rings (SSSR count). The van der Waals surface area contributed by atoms with Gasteiger partial charge in [0.05, 0.1) is 5.69 Å². The van der Waals surface area contributed by atoms with Gasteiger partial charge in [0.15, 0.2) is 11.6 Å². The highest BCUT2D eigenvalue weighted by atomic mass is 79.9. The summed E-state index contributed by atoms with van der Waals surface area (Å²) in [4.78, 5) is 28.6. The molecule has 2 heterocycles. The monoisotopic (exact) mass is 408 g/mol. The number of amides is 3. The molecule has 7 nitrogen and oxygen atoms in total. The summed E-state index contributed by atoms with van der Waals surface area (Å²) in [6.45, 7) is 1.55. The first-order valence-electron chi connectivity index (χ1n) is 7.33. The van der Waals surface area contributed by atoms with Gasteiger partial charge in [0.1, 0.15) is 18.5 Å². The zero-order valence-electron chi connectivity index (χ0n) is 13.1. The van der Waals surface area contributed by atoms with Crippen molar-refractivity contribution in [2.24, 2.45) is 0 Å². The molecule has 1 fully saturated rings. The summed E-state index contributed by atoms with van der Waals surface area (Å²) in [6.07, 6.45) is 0.883. The van der Waals surface area contributed by atoms with Crippen LogP contribution in [0.15, 0.2) is 34.9 Å². The van der Waals surface area contributed by atoms with Crippen molar-refractivity contribution in [3.05, 3.63) is 46.3 Å². The van der Waals surface area contributed by atoms with Crippen LogP contribution in [0, 0.1) is 5.82 Å². The van der Waals surface area contributed by atoms with Gasteiger partial charge in [0.2, 0.25) is 5.91 Å². The largest absolute Gasteiger partial charge is 0.482 e. The Morgan fingerprint density at radius 1 is 1.40 bits per heavy atom. The first-order valence-corrected chi connectivity index (χ1v) is 8.13. The fourth-order valence-electron chi connectivity index (χ4n) is 2.51. The average molecular weight is 409 g/mol. The van der Waals surface area contributed by atoms with Crippen LogP contribution < -0.4 is 20.7 Å². The van der Waals surface area contributed by atoms with E-state index in [1.165, 1.54) is 29.3 Å². The maximum atomic E-state index is 13.8. The Balaban J connectivity index is 1.95. The molecule has 3 amide bonds. The minimum absolute atomic E-state index is 0.134. The SMILES string of the molecule is C[C@@H](Oc1cc(Br)cnc1N)c1cc(F)ccc1N1CC(=O)NC1=O. The number of ether oxygens (including phenoxy) is 1. The number of anilines is 2. The molecule has 1 atom stereocenters. The number of carbonyl (C=O) groups is 2. The summed E-state index contributed by atoms with van der Waals surface area (Å²) >= 11 is 3.28. The molecular formula is C16H14BrFN4O3. The van der Waals surface area contributed by atoms with Crippen molar-refractivity contribution in [2.45, 2.75) is 13.0 Å². The molecular weight excluding hydrogens is 395 g/mol. The van der Waals surface area contributed by atoms with Crippen molar-refractivity contribution >= 4 is 39.4 Å². The van der Waals surface area contributed by atoms with Crippen LogP contribution >= 0.6 is 15.9 Å². The minimum Gasteiger partial charge on any atom is -0.482 e. The zero-order chi connectivity index (χ0) is 18.1. The molecule has 1 aliphatic rings. The highest BCUT2D eigenvalue weighted by Crippen LogP contribution is 2.33. The molecule has 0 unspecified atom stereocenters. The standard InChI is InChI=1S/C16H14BrFN4O3/c1-8(25-13-4-9(17)6-20-15(13)19)11-5-10(18)2-3-12(11)22-7-14(23)21-16(22)24/h2-6,8H,7H2,1H3,(H2,19,20)(H,21,23,24)/t8-/m1/s1. The lowest BCUT2D eigenvalue weighted by Gasteiger charge is -2.23. The van der Waals surface area contributed by atoms with E-state index in [9.17, 15) is 14.0 Å². The van der Waals surface area contributed by atoms with Crippen molar-refractivity contribution < 1.29 is 18.7 Å². The number of carbonyl (C=O) groups excluding carboxylic acids is 2. The van der Waals surface area contributed by atoms with Gasteiger partial charge < -0.3 is 10.5 Å². The predicted octanol–water partition coefficient (Wildman–Crippen LogP) is 2.76. The number of nitrogens with two attached hydrogens (primary N) is 1. The summed E-state index contributed by atoms with van der Waals surface area (Å²) in [5, 5.41) is 2.19. The van der Waals surface area contributed by atoms with Crippen LogP contribution in [0.25, 0.3) is 0 Å². The number of aromatic nitrogens is 1. The van der Waals surface area contributed by atoms with E-state index < -0.39 is 23.9 Å². The Labute approximate surface area is 151 Å². The number of rotatable bonds is 4. The number of nitrogens with zero attached hydrogens (tertiary/aromatic N) is 2. The molecule has 1 aromatic carbocycles. The van der Waals surface area contributed by atoms with Gasteiger partial charge >= 0.3 is 6.03 Å². The second kappa shape index (κ2) is 6.67. The number of imide groups is 1. The molecule has 0 radical (unpaired) electrons. The van der Waals surface area contributed by atoms with Crippen molar-refractivity contribution in [1.82, 2.24) is 10.3 Å². The minimum atomic E-state index is -0.646. The maximum Gasteiger partial charge on any atom is 0.329 e. The molecule has 1 aliphatic heterocycles. The quantitative estimate of drug-likeness (QED) is 0.757. The molecule has 9 heteroatoms. The second-order valence-electron chi connectivity index (χ2n) is 5.44. The number of halogens is 2. The molecule has 0 saturated carbocycles. The van der Waals surface area contributed by atoms with Gasteiger partial charge in [-0.3, -0.25) is 15.0 Å². The Morgan fingerprint density at radius 3 is 2.84 bits per heavy atom. The van der Waals surface area contributed by atoms with E-state index in [0.717, 1.165) is 0 Å². The van der Waals surface area contributed by atoms with E-state index in [4.69, 9.17) is 10.5 Å². The Morgan fingerprint density at radius 2 is 2.16 bits per heavy atom. The Kier molecular flexibility index (Phi) is 4.58. The molecule has 0 bridgehead atoms. The maximum absolute atomic E-state index is 13.8. The van der Waals surface area contributed by atoms with Crippen LogP contribution in [0.2, 0.25) is 0 Å². The number of nitrogen functional groups attached to an aromatic ring is 1. The van der Waals surface area contributed by atoms with E-state index in [1.54, 1.807) is 13.0 Å². The van der Waals surface area contributed by atoms with E-state index in [2.05, 4.69) is 26.2 Å². The van der Waals surface area contributed by atoms with Crippen LogP contribution in [-0.4, -0.2) is 23.5 Å². The molecule has 1 saturated heterocycles. The van der Waals surface area contributed by atoms with Crippen molar-refractivity contribution in [3.8, 4) is 5.75 Å². The van der Waals surface area contributed by atoms with Gasteiger partial charge in [0, 0.05) is 16.2 Å². The molecule has 0 spiro atoms. The van der Waals surface area contributed by atoms with Crippen LogP contribution in [0.4, 0.5) is 20.7 Å². The van der Waals surface area contributed by atoms with Crippen LogP contribution in [0.5, 0.6) is 5.75 Å². The fourth-order valence-corrected chi connectivity index (χ4v) is 2.82. The molecule has 0 aliphatic carbocycles. The lowest BCUT2D eigenvalue weighted by molar-refractivity contribution is -0.117. The zero-order valence-corrected chi connectivity index (χ0v) is 14.7. The van der Waals surface area contributed by atoms with Gasteiger partial charge in [-0.2, -0.15) is 0 Å². The van der Waals surface area contributed by atoms with Crippen molar-refractivity contribution in [1.29, 1.82) is 0 Å².